The standard InChI is InChI=1S/C25H27FN2O3S2/c1-19-12-13-20(2)24(16-19)28(33(30,31)22-9-4-3-5-10-22)17-25(29)27-14-15-32-18-21-8-6-7-11-23(21)26/h3-13,16H,14-15,17-18H2,1-2H3,(H,27,29). The molecule has 0 heterocycles. The van der Waals surface area contributed by atoms with Gasteiger partial charge in [-0.2, -0.15) is 11.8 Å². The molecule has 0 aliphatic heterocycles. The second kappa shape index (κ2) is 11.3. The minimum absolute atomic E-state index is 0.124. The van der Waals surface area contributed by atoms with E-state index in [9.17, 15) is 17.6 Å². The second-order valence-corrected chi connectivity index (χ2v) is 10.6. The molecule has 0 radical (unpaired) electrons. The van der Waals surface area contributed by atoms with Crippen molar-refractivity contribution in [2.24, 2.45) is 0 Å². The van der Waals surface area contributed by atoms with Crippen LogP contribution in [0.4, 0.5) is 10.1 Å². The summed E-state index contributed by atoms with van der Waals surface area (Å²) in [6, 6.07) is 20.2. The van der Waals surface area contributed by atoms with Gasteiger partial charge < -0.3 is 5.32 Å². The van der Waals surface area contributed by atoms with Crippen molar-refractivity contribution in [1.29, 1.82) is 0 Å². The highest BCUT2D eigenvalue weighted by molar-refractivity contribution is 7.98. The van der Waals surface area contributed by atoms with Crippen LogP contribution in [0.1, 0.15) is 16.7 Å². The maximum atomic E-state index is 13.7. The van der Waals surface area contributed by atoms with E-state index in [0.29, 0.717) is 29.3 Å². The number of nitrogens with one attached hydrogen (secondary N) is 1. The van der Waals surface area contributed by atoms with Gasteiger partial charge in [-0.3, -0.25) is 9.10 Å². The lowest BCUT2D eigenvalue weighted by Gasteiger charge is -2.26. The fraction of sp³-hybridized carbons (Fsp3) is 0.240. The Morgan fingerprint density at radius 1 is 1.00 bits per heavy atom. The van der Waals surface area contributed by atoms with Crippen LogP contribution in [0.3, 0.4) is 0 Å². The first-order valence-corrected chi connectivity index (χ1v) is 13.1. The van der Waals surface area contributed by atoms with Gasteiger partial charge >= 0.3 is 0 Å². The van der Waals surface area contributed by atoms with Gasteiger partial charge in [-0.1, -0.05) is 48.5 Å². The highest BCUT2D eigenvalue weighted by Gasteiger charge is 2.28. The molecule has 0 saturated heterocycles. The van der Waals surface area contributed by atoms with Crippen molar-refractivity contribution in [3.63, 3.8) is 0 Å². The fourth-order valence-corrected chi connectivity index (χ4v) is 5.60. The number of carbonyl (C=O) groups excluding carboxylic acids is 1. The molecule has 0 aliphatic rings. The lowest BCUT2D eigenvalue weighted by Crippen LogP contribution is -2.41. The number of sulfonamides is 1. The van der Waals surface area contributed by atoms with Crippen LogP contribution in [0.25, 0.3) is 0 Å². The molecule has 0 aromatic heterocycles. The third-order valence-corrected chi connectivity index (χ3v) is 7.82. The molecule has 0 unspecified atom stereocenters. The minimum Gasteiger partial charge on any atom is -0.354 e. The average molecular weight is 487 g/mol. The van der Waals surface area contributed by atoms with Gasteiger partial charge in [-0.25, -0.2) is 12.8 Å². The highest BCUT2D eigenvalue weighted by atomic mass is 32.2. The van der Waals surface area contributed by atoms with Crippen molar-refractivity contribution in [2.75, 3.05) is 23.1 Å². The van der Waals surface area contributed by atoms with Crippen LogP contribution in [0.15, 0.2) is 77.7 Å². The Morgan fingerprint density at radius 3 is 2.42 bits per heavy atom. The number of hydrogen-bond donors (Lipinski definition) is 1. The molecule has 0 atom stereocenters. The van der Waals surface area contributed by atoms with E-state index in [2.05, 4.69) is 5.32 Å². The lowest BCUT2D eigenvalue weighted by molar-refractivity contribution is -0.119. The summed E-state index contributed by atoms with van der Waals surface area (Å²) in [7, 11) is -3.94. The zero-order valence-corrected chi connectivity index (χ0v) is 20.3. The van der Waals surface area contributed by atoms with Crippen LogP contribution in [-0.2, 0) is 20.6 Å². The summed E-state index contributed by atoms with van der Waals surface area (Å²) < 4.78 is 41.7. The van der Waals surface area contributed by atoms with Crippen LogP contribution in [-0.4, -0.2) is 33.2 Å². The number of amides is 1. The maximum absolute atomic E-state index is 13.7. The topological polar surface area (TPSA) is 66.5 Å². The third-order valence-electron chi connectivity index (χ3n) is 5.04. The molecule has 5 nitrogen and oxygen atoms in total. The monoisotopic (exact) mass is 486 g/mol. The minimum atomic E-state index is -3.94. The molecule has 0 spiro atoms. The summed E-state index contributed by atoms with van der Waals surface area (Å²) in [6.45, 7) is 3.71. The van der Waals surface area contributed by atoms with Gasteiger partial charge in [0.25, 0.3) is 10.0 Å². The van der Waals surface area contributed by atoms with Crippen molar-refractivity contribution >= 4 is 33.4 Å². The number of halogens is 1. The number of aryl methyl sites for hydroxylation is 2. The van der Waals surface area contributed by atoms with Crippen LogP contribution in [0.5, 0.6) is 0 Å². The predicted molar refractivity (Wildman–Crippen MR) is 132 cm³/mol. The molecule has 33 heavy (non-hydrogen) atoms. The van der Waals surface area contributed by atoms with Gasteiger partial charge in [0, 0.05) is 18.1 Å². The second-order valence-electron chi connectivity index (χ2n) is 7.61. The van der Waals surface area contributed by atoms with Crippen molar-refractivity contribution in [3.8, 4) is 0 Å². The SMILES string of the molecule is Cc1ccc(C)c(N(CC(=O)NCCSCc2ccccc2F)S(=O)(=O)c2ccccc2)c1. The number of anilines is 1. The van der Waals surface area contributed by atoms with E-state index in [1.54, 1.807) is 42.5 Å². The Bertz CT molecular complexity index is 1200. The van der Waals surface area contributed by atoms with Crippen LogP contribution >= 0.6 is 11.8 Å². The van der Waals surface area contributed by atoms with Crippen molar-refractivity contribution < 1.29 is 17.6 Å². The molecule has 0 fully saturated rings. The Kier molecular flexibility index (Phi) is 8.52. The highest BCUT2D eigenvalue weighted by Crippen LogP contribution is 2.27. The predicted octanol–water partition coefficient (Wildman–Crippen LogP) is 4.69. The van der Waals surface area contributed by atoms with Gasteiger partial charge in [0.15, 0.2) is 0 Å². The van der Waals surface area contributed by atoms with Crippen molar-refractivity contribution in [1.82, 2.24) is 5.32 Å². The van der Waals surface area contributed by atoms with E-state index >= 15 is 0 Å². The number of thioether (sulfide) groups is 1. The first-order valence-electron chi connectivity index (χ1n) is 10.5. The molecular formula is C25H27FN2O3S2. The summed E-state index contributed by atoms with van der Waals surface area (Å²) in [6.07, 6.45) is 0. The van der Waals surface area contributed by atoms with Crippen LogP contribution < -0.4 is 9.62 Å². The van der Waals surface area contributed by atoms with Gasteiger partial charge in [0.05, 0.1) is 10.6 Å². The number of carbonyl (C=O) groups is 1. The number of nitrogens with zero attached hydrogens (tertiary/aromatic N) is 1. The molecule has 8 heteroatoms. The molecule has 3 aromatic rings. The van der Waals surface area contributed by atoms with Gasteiger partial charge in [0.1, 0.15) is 12.4 Å². The van der Waals surface area contributed by atoms with E-state index in [0.717, 1.165) is 15.4 Å². The number of rotatable bonds is 10. The zero-order valence-electron chi connectivity index (χ0n) is 18.6. The van der Waals surface area contributed by atoms with E-state index < -0.39 is 15.9 Å². The van der Waals surface area contributed by atoms with Gasteiger partial charge in [-0.15, -0.1) is 0 Å². The first kappa shape index (κ1) is 24.8. The lowest BCUT2D eigenvalue weighted by atomic mass is 10.1. The molecule has 174 valence electrons. The summed E-state index contributed by atoms with van der Waals surface area (Å²) in [4.78, 5) is 12.8. The molecule has 1 amide bonds. The van der Waals surface area contributed by atoms with E-state index in [4.69, 9.17) is 0 Å². The van der Waals surface area contributed by atoms with Gasteiger partial charge in [-0.05, 0) is 54.8 Å². The van der Waals surface area contributed by atoms with E-state index in [-0.39, 0.29) is 17.3 Å². The number of hydrogen-bond acceptors (Lipinski definition) is 4. The summed E-state index contributed by atoms with van der Waals surface area (Å²) in [5.74, 6) is 0.431. The van der Waals surface area contributed by atoms with Gasteiger partial charge in [0.2, 0.25) is 5.91 Å². The largest absolute Gasteiger partial charge is 0.354 e. The number of benzene rings is 3. The van der Waals surface area contributed by atoms with E-state index in [1.165, 1.54) is 30.0 Å². The van der Waals surface area contributed by atoms with E-state index in [1.807, 2.05) is 26.0 Å². The molecule has 0 aliphatic carbocycles. The summed E-state index contributed by atoms with van der Waals surface area (Å²) in [5, 5.41) is 2.78. The molecule has 0 bridgehead atoms. The first-order chi connectivity index (χ1) is 15.8. The third kappa shape index (κ3) is 6.58. The Labute approximate surface area is 199 Å². The Morgan fingerprint density at radius 2 is 1.70 bits per heavy atom. The Hall–Kier alpha value is -2.84. The molecule has 1 N–H and O–H groups in total. The van der Waals surface area contributed by atoms with Crippen molar-refractivity contribution in [2.45, 2.75) is 24.5 Å². The normalized spacial score (nSPS) is 11.2. The molecule has 3 aromatic carbocycles. The fourth-order valence-electron chi connectivity index (χ4n) is 3.25. The zero-order chi connectivity index (χ0) is 23.8. The molecule has 3 rings (SSSR count). The smallest absolute Gasteiger partial charge is 0.264 e. The molecular weight excluding hydrogens is 459 g/mol. The van der Waals surface area contributed by atoms with Crippen LogP contribution in [0, 0.1) is 19.7 Å². The van der Waals surface area contributed by atoms with Crippen LogP contribution in [0.2, 0.25) is 0 Å². The maximum Gasteiger partial charge on any atom is 0.264 e. The average Bonchev–Trinajstić information content (AvgIpc) is 2.80. The van der Waals surface area contributed by atoms with Crippen molar-refractivity contribution in [3.05, 3.63) is 95.3 Å². The molecule has 0 saturated carbocycles. The summed E-state index contributed by atoms with van der Waals surface area (Å²) >= 11 is 1.50. The Balaban J connectivity index is 1.68. The quantitative estimate of drug-likeness (QED) is 0.423. The summed E-state index contributed by atoms with van der Waals surface area (Å²) in [5.41, 5.74) is 2.74.